The zero-order chi connectivity index (χ0) is 18.3. The summed E-state index contributed by atoms with van der Waals surface area (Å²) in [5.74, 6) is 0.428. The fourth-order valence-corrected chi connectivity index (χ4v) is 4.45. The van der Waals surface area contributed by atoms with Crippen molar-refractivity contribution in [2.45, 2.75) is 25.3 Å². The number of likely N-dealkylation sites (tertiary alicyclic amines) is 1. The van der Waals surface area contributed by atoms with E-state index in [1.807, 2.05) is 4.90 Å². The lowest BCUT2D eigenvalue weighted by molar-refractivity contribution is -0.120. The molecule has 0 aromatic heterocycles. The van der Waals surface area contributed by atoms with Crippen LogP contribution in [0.3, 0.4) is 0 Å². The van der Waals surface area contributed by atoms with Crippen LogP contribution in [0.15, 0.2) is 18.2 Å². The molecule has 2 atom stereocenters. The Labute approximate surface area is 152 Å². The lowest BCUT2D eigenvalue weighted by Gasteiger charge is -2.50. The number of amides is 2. The third-order valence-corrected chi connectivity index (χ3v) is 6.07. The van der Waals surface area contributed by atoms with E-state index in [1.165, 1.54) is 4.90 Å². The summed E-state index contributed by atoms with van der Waals surface area (Å²) in [6, 6.07) is 5.50. The Hall–Kier alpha value is -2.12. The van der Waals surface area contributed by atoms with Crippen molar-refractivity contribution in [1.82, 2.24) is 10.2 Å². The van der Waals surface area contributed by atoms with E-state index in [0.717, 1.165) is 25.8 Å². The molecule has 2 saturated heterocycles. The summed E-state index contributed by atoms with van der Waals surface area (Å²) in [6.45, 7) is 2.31. The Kier molecular flexibility index (Phi) is 4.36. The maximum Gasteiger partial charge on any atom is 0.264 e. The number of ether oxygens (including phenoxy) is 1. The summed E-state index contributed by atoms with van der Waals surface area (Å²) < 4.78 is 5.43. The van der Waals surface area contributed by atoms with Crippen molar-refractivity contribution in [1.29, 1.82) is 0 Å². The van der Waals surface area contributed by atoms with Crippen LogP contribution in [0.4, 0.5) is 5.69 Å². The topological polar surface area (TPSA) is 82.1 Å². The van der Waals surface area contributed by atoms with E-state index in [4.69, 9.17) is 4.74 Å². The summed E-state index contributed by atoms with van der Waals surface area (Å²) in [7, 11) is 1.69. The molecule has 1 aromatic rings. The summed E-state index contributed by atoms with van der Waals surface area (Å²) in [4.78, 5) is 28.3. The maximum atomic E-state index is 13.1. The third kappa shape index (κ3) is 2.75. The first-order chi connectivity index (χ1) is 12.5. The fraction of sp³-hybridized carbons (Fsp3) is 0.579. The highest BCUT2D eigenvalue weighted by molar-refractivity contribution is 6.01. The summed E-state index contributed by atoms with van der Waals surface area (Å²) >= 11 is 0. The molecule has 7 heteroatoms. The van der Waals surface area contributed by atoms with Gasteiger partial charge in [0.2, 0.25) is 0 Å². The van der Waals surface area contributed by atoms with Gasteiger partial charge in [0, 0.05) is 37.2 Å². The van der Waals surface area contributed by atoms with Crippen molar-refractivity contribution in [2.24, 2.45) is 5.41 Å². The molecule has 2 fully saturated rings. The summed E-state index contributed by atoms with van der Waals surface area (Å²) in [6.07, 6.45) is 2.79. The molecule has 7 nitrogen and oxygen atoms in total. The number of aliphatic hydroxyl groups is 1. The maximum absolute atomic E-state index is 13.1. The van der Waals surface area contributed by atoms with Gasteiger partial charge in [0.15, 0.2) is 6.61 Å². The zero-order valence-corrected chi connectivity index (χ0v) is 15.0. The van der Waals surface area contributed by atoms with Gasteiger partial charge in [0.25, 0.3) is 11.8 Å². The minimum Gasteiger partial charge on any atom is -0.482 e. The Bertz CT molecular complexity index is 737. The van der Waals surface area contributed by atoms with E-state index < -0.39 is 0 Å². The number of hydrogen-bond acceptors (Lipinski definition) is 5. The zero-order valence-electron chi connectivity index (χ0n) is 15.0. The number of rotatable bonds is 2. The van der Waals surface area contributed by atoms with Crippen LogP contribution in [-0.2, 0) is 4.79 Å². The van der Waals surface area contributed by atoms with Gasteiger partial charge in [0.05, 0.1) is 12.3 Å². The first kappa shape index (κ1) is 17.3. The molecule has 0 unspecified atom stereocenters. The first-order valence-electron chi connectivity index (χ1n) is 9.21. The number of anilines is 1. The Morgan fingerprint density at radius 1 is 1.46 bits per heavy atom. The van der Waals surface area contributed by atoms with E-state index >= 15 is 0 Å². The van der Waals surface area contributed by atoms with Crippen molar-refractivity contribution >= 4 is 17.5 Å². The molecule has 3 aliphatic rings. The molecule has 140 valence electrons. The highest BCUT2D eigenvalue weighted by atomic mass is 16.5. The average Bonchev–Trinajstić information content (AvgIpc) is 2.69. The van der Waals surface area contributed by atoms with Gasteiger partial charge in [-0.25, -0.2) is 0 Å². The molecule has 26 heavy (non-hydrogen) atoms. The normalized spacial score (nSPS) is 28.2. The van der Waals surface area contributed by atoms with E-state index in [0.29, 0.717) is 30.1 Å². The van der Waals surface area contributed by atoms with Crippen LogP contribution in [0.5, 0.6) is 5.75 Å². The number of aliphatic hydroxyl groups excluding tert-OH is 1. The second-order valence-corrected chi connectivity index (χ2v) is 7.57. The fourth-order valence-electron chi connectivity index (χ4n) is 4.45. The van der Waals surface area contributed by atoms with Gasteiger partial charge in [-0.3, -0.25) is 9.59 Å². The lowest BCUT2D eigenvalue weighted by Crippen LogP contribution is -2.62. The van der Waals surface area contributed by atoms with Gasteiger partial charge in [-0.15, -0.1) is 0 Å². The van der Waals surface area contributed by atoms with Crippen LogP contribution in [0.1, 0.15) is 29.6 Å². The predicted molar refractivity (Wildman–Crippen MR) is 96.4 cm³/mol. The second-order valence-electron chi connectivity index (χ2n) is 7.57. The third-order valence-electron chi connectivity index (χ3n) is 6.07. The molecular weight excluding hydrogens is 334 g/mol. The molecule has 0 saturated carbocycles. The Morgan fingerprint density at radius 2 is 2.31 bits per heavy atom. The predicted octanol–water partition coefficient (Wildman–Crippen LogP) is 0.618. The van der Waals surface area contributed by atoms with Gasteiger partial charge >= 0.3 is 0 Å². The van der Waals surface area contributed by atoms with Crippen molar-refractivity contribution < 1.29 is 19.4 Å². The molecule has 3 aliphatic heterocycles. The summed E-state index contributed by atoms with van der Waals surface area (Å²) in [5.41, 5.74) is 0.915. The minimum absolute atomic E-state index is 0.0241. The number of nitrogens with zero attached hydrogens (tertiary/aromatic N) is 2. The molecule has 3 heterocycles. The molecular formula is C19H25N3O4. The number of hydrogen-bond donors (Lipinski definition) is 2. The van der Waals surface area contributed by atoms with E-state index in [1.54, 1.807) is 25.2 Å². The Morgan fingerprint density at radius 3 is 3.12 bits per heavy atom. The van der Waals surface area contributed by atoms with Gasteiger partial charge in [-0.1, -0.05) is 0 Å². The number of carbonyl (C=O) groups is 2. The molecule has 2 amide bonds. The first-order valence-corrected chi connectivity index (χ1v) is 9.21. The van der Waals surface area contributed by atoms with Crippen LogP contribution < -0.4 is 15.0 Å². The van der Waals surface area contributed by atoms with Crippen molar-refractivity contribution in [2.75, 3.05) is 44.8 Å². The molecule has 2 N–H and O–H groups in total. The molecule has 4 rings (SSSR count). The molecule has 0 aliphatic carbocycles. The smallest absolute Gasteiger partial charge is 0.264 e. The Balaban J connectivity index is 1.57. The van der Waals surface area contributed by atoms with E-state index in [-0.39, 0.29) is 36.5 Å². The number of fused-ring (bicyclic) bond motifs is 2. The quantitative estimate of drug-likeness (QED) is 0.809. The van der Waals surface area contributed by atoms with Gasteiger partial charge in [0.1, 0.15) is 5.75 Å². The minimum atomic E-state index is -0.254. The summed E-state index contributed by atoms with van der Waals surface area (Å²) in [5, 5.41) is 13.5. The van der Waals surface area contributed by atoms with Gasteiger partial charge in [-0.2, -0.15) is 0 Å². The largest absolute Gasteiger partial charge is 0.482 e. The second kappa shape index (κ2) is 6.55. The van der Waals surface area contributed by atoms with E-state index in [2.05, 4.69) is 5.32 Å². The van der Waals surface area contributed by atoms with Crippen LogP contribution >= 0.6 is 0 Å². The van der Waals surface area contributed by atoms with Crippen molar-refractivity contribution in [3.63, 3.8) is 0 Å². The van der Waals surface area contributed by atoms with Crippen LogP contribution in [0.2, 0.25) is 0 Å². The molecule has 0 spiro atoms. The number of carbonyl (C=O) groups excluding carboxylic acids is 2. The monoisotopic (exact) mass is 359 g/mol. The number of benzene rings is 1. The van der Waals surface area contributed by atoms with E-state index in [9.17, 15) is 14.7 Å². The molecule has 1 aromatic carbocycles. The van der Waals surface area contributed by atoms with Gasteiger partial charge < -0.3 is 25.0 Å². The average molecular weight is 359 g/mol. The van der Waals surface area contributed by atoms with Crippen LogP contribution in [0.25, 0.3) is 0 Å². The highest BCUT2D eigenvalue weighted by Gasteiger charge is 2.45. The number of likely N-dealkylation sites (N-methyl/N-ethyl adjacent to an activating group) is 1. The highest BCUT2D eigenvalue weighted by Crippen LogP contribution is 2.38. The standard InChI is InChI=1S/C19H25N3O4/c1-21-14-9-13(3-4-15(14)26-10-17(21)24)18(25)22-8-5-16-19(11-22,12-23)6-2-7-20-16/h3-4,9,16,20,23H,2,5-8,10-12H2,1H3/t16-,19-/m1/s1. The van der Waals surface area contributed by atoms with Gasteiger partial charge in [-0.05, 0) is 44.0 Å². The molecule has 0 radical (unpaired) electrons. The van der Waals surface area contributed by atoms with Crippen LogP contribution in [-0.4, -0.2) is 67.8 Å². The lowest BCUT2D eigenvalue weighted by atomic mass is 9.70. The number of nitrogens with one attached hydrogen (secondary N) is 1. The SMILES string of the molecule is CN1C(=O)COc2ccc(C(=O)N3CC[C@H]4NCCC[C@]4(CO)C3)cc21. The van der Waals surface area contributed by atoms with Crippen molar-refractivity contribution in [3.8, 4) is 5.75 Å². The number of piperidine rings is 2. The van der Waals surface area contributed by atoms with Crippen molar-refractivity contribution in [3.05, 3.63) is 23.8 Å². The molecule has 0 bridgehead atoms. The van der Waals surface area contributed by atoms with Crippen LogP contribution in [0, 0.1) is 5.41 Å².